The first-order chi connectivity index (χ1) is 13.0. The van der Waals surface area contributed by atoms with Crippen LogP contribution in [-0.4, -0.2) is 33.1 Å². The monoisotopic (exact) mass is 401 g/mol. The van der Waals surface area contributed by atoms with Gasteiger partial charge in [0.15, 0.2) is 0 Å². The summed E-state index contributed by atoms with van der Waals surface area (Å²) in [5, 5.41) is 15.8. The number of nitrogens with two attached hydrogens (primary N) is 1. The Balaban J connectivity index is 0.00000280. The quantitative estimate of drug-likeness (QED) is 0.588. The summed E-state index contributed by atoms with van der Waals surface area (Å²) in [5.74, 6) is 6.87. The summed E-state index contributed by atoms with van der Waals surface area (Å²) in [6, 6.07) is 7.52. The van der Waals surface area contributed by atoms with E-state index in [2.05, 4.69) is 32.4 Å². The molecule has 2 aromatic rings. The third-order valence-corrected chi connectivity index (χ3v) is 4.39. The largest absolute Gasteiger partial charge is 0.393 e. The van der Waals surface area contributed by atoms with Gasteiger partial charge >= 0.3 is 0 Å². The molecule has 28 heavy (non-hydrogen) atoms. The van der Waals surface area contributed by atoms with Crippen LogP contribution in [0.5, 0.6) is 0 Å². The number of anilines is 3. The molecule has 0 bridgehead atoms. The van der Waals surface area contributed by atoms with Crippen LogP contribution in [0, 0.1) is 11.8 Å². The van der Waals surface area contributed by atoms with Gasteiger partial charge in [-0.05, 0) is 49.9 Å². The molecular formula is C20H24ClN5O2. The van der Waals surface area contributed by atoms with Crippen molar-refractivity contribution in [1.29, 1.82) is 0 Å². The van der Waals surface area contributed by atoms with Crippen molar-refractivity contribution in [3.8, 4) is 11.8 Å². The highest BCUT2D eigenvalue weighted by Gasteiger charge is 2.20. The van der Waals surface area contributed by atoms with Crippen LogP contribution in [-0.2, 0) is 4.79 Å². The lowest BCUT2D eigenvalue weighted by atomic mass is 9.93. The Morgan fingerprint density at radius 1 is 1.18 bits per heavy atom. The first-order valence-corrected chi connectivity index (χ1v) is 8.96. The molecule has 148 valence electrons. The summed E-state index contributed by atoms with van der Waals surface area (Å²) in [5.41, 5.74) is 7.94. The Labute approximate surface area is 170 Å². The van der Waals surface area contributed by atoms with Crippen LogP contribution in [0.15, 0.2) is 30.5 Å². The molecule has 1 amide bonds. The number of carbonyl (C=O) groups excluding carboxylic acids is 1. The highest BCUT2D eigenvalue weighted by atomic mass is 35.5. The molecule has 3 rings (SSSR count). The number of rotatable bonds is 3. The molecule has 1 aromatic carbocycles. The van der Waals surface area contributed by atoms with Crippen LogP contribution in [0.2, 0.25) is 0 Å². The smallest absolute Gasteiger partial charge is 0.222 e. The zero-order chi connectivity index (χ0) is 19.2. The standard InChI is InChI=1S/C20H23N5O2.ClH/c1-13(26)23-16-6-3-14(4-7-16)2-5-15-12-22-20(21)25-19(15)24-17-8-10-18(27)11-9-17;/h3-4,6-7,12,17-18,27H,8-11H2,1H3,(H,23,26)(H3,21,22,24,25);1H. The molecule has 0 unspecified atom stereocenters. The van der Waals surface area contributed by atoms with E-state index in [1.807, 2.05) is 12.1 Å². The van der Waals surface area contributed by atoms with Gasteiger partial charge in [-0.1, -0.05) is 11.8 Å². The maximum absolute atomic E-state index is 11.1. The van der Waals surface area contributed by atoms with Crippen LogP contribution in [0.4, 0.5) is 17.5 Å². The second-order valence-electron chi connectivity index (χ2n) is 6.65. The van der Waals surface area contributed by atoms with Crippen molar-refractivity contribution in [3.05, 3.63) is 41.6 Å². The number of hydrogen-bond donors (Lipinski definition) is 4. The number of benzene rings is 1. The molecule has 5 N–H and O–H groups in total. The molecule has 0 radical (unpaired) electrons. The lowest BCUT2D eigenvalue weighted by molar-refractivity contribution is -0.114. The third kappa shape index (κ3) is 6.12. The molecule has 8 heteroatoms. The van der Waals surface area contributed by atoms with Crippen LogP contribution < -0.4 is 16.4 Å². The summed E-state index contributed by atoms with van der Waals surface area (Å²) in [6.07, 6.45) is 4.71. The van der Waals surface area contributed by atoms with E-state index in [0.29, 0.717) is 11.4 Å². The van der Waals surface area contributed by atoms with Crippen molar-refractivity contribution in [1.82, 2.24) is 9.97 Å². The predicted molar refractivity (Wildman–Crippen MR) is 112 cm³/mol. The van der Waals surface area contributed by atoms with Crippen molar-refractivity contribution in [3.63, 3.8) is 0 Å². The first kappa shape index (κ1) is 21.5. The number of nitrogens with zero attached hydrogens (tertiary/aromatic N) is 2. The molecule has 0 spiro atoms. The fourth-order valence-electron chi connectivity index (χ4n) is 2.99. The van der Waals surface area contributed by atoms with Crippen LogP contribution in [0.3, 0.4) is 0 Å². The number of halogens is 1. The highest BCUT2D eigenvalue weighted by molar-refractivity contribution is 5.88. The average Bonchev–Trinajstić information content (AvgIpc) is 2.64. The zero-order valence-corrected chi connectivity index (χ0v) is 16.4. The number of aliphatic hydroxyl groups is 1. The number of nitrogen functional groups attached to an aromatic ring is 1. The maximum atomic E-state index is 11.1. The van der Waals surface area contributed by atoms with E-state index < -0.39 is 0 Å². The molecule has 1 aliphatic carbocycles. The predicted octanol–water partition coefficient (Wildman–Crippen LogP) is 2.55. The molecule has 0 atom stereocenters. The van der Waals surface area contributed by atoms with Gasteiger partial charge in [0, 0.05) is 24.2 Å². The molecular weight excluding hydrogens is 378 g/mol. The Morgan fingerprint density at radius 2 is 1.86 bits per heavy atom. The maximum Gasteiger partial charge on any atom is 0.222 e. The minimum atomic E-state index is -0.210. The van der Waals surface area contributed by atoms with E-state index in [1.54, 1.807) is 18.3 Å². The molecule has 1 aromatic heterocycles. The van der Waals surface area contributed by atoms with Gasteiger partial charge in [0.2, 0.25) is 11.9 Å². The summed E-state index contributed by atoms with van der Waals surface area (Å²) in [7, 11) is 0. The van der Waals surface area contributed by atoms with Crippen molar-refractivity contribution in [2.45, 2.75) is 44.8 Å². The van der Waals surface area contributed by atoms with Crippen molar-refractivity contribution < 1.29 is 9.90 Å². The van der Waals surface area contributed by atoms with E-state index in [0.717, 1.165) is 36.9 Å². The number of aliphatic hydroxyl groups excluding tert-OH is 1. The summed E-state index contributed by atoms with van der Waals surface area (Å²) < 4.78 is 0. The highest BCUT2D eigenvalue weighted by Crippen LogP contribution is 2.23. The Kier molecular flexibility index (Phi) is 7.61. The lowest BCUT2D eigenvalue weighted by Gasteiger charge is -2.26. The Morgan fingerprint density at radius 3 is 2.50 bits per heavy atom. The molecule has 0 aliphatic heterocycles. The van der Waals surface area contributed by atoms with Crippen LogP contribution >= 0.6 is 12.4 Å². The Bertz CT molecular complexity index is 868. The van der Waals surface area contributed by atoms with Crippen LogP contribution in [0.25, 0.3) is 0 Å². The average molecular weight is 402 g/mol. The molecule has 1 fully saturated rings. The minimum Gasteiger partial charge on any atom is -0.393 e. The van der Waals surface area contributed by atoms with Gasteiger partial charge < -0.3 is 21.5 Å². The van der Waals surface area contributed by atoms with E-state index >= 15 is 0 Å². The molecule has 1 saturated carbocycles. The van der Waals surface area contributed by atoms with Gasteiger partial charge in [0.05, 0.1) is 17.9 Å². The molecule has 0 saturated heterocycles. The second kappa shape index (κ2) is 9.93. The number of hydrogen-bond acceptors (Lipinski definition) is 6. The van der Waals surface area contributed by atoms with Gasteiger partial charge in [0.1, 0.15) is 5.82 Å². The normalized spacial score (nSPS) is 18.2. The fraction of sp³-hybridized carbons (Fsp3) is 0.350. The van der Waals surface area contributed by atoms with Gasteiger partial charge in [-0.15, -0.1) is 12.4 Å². The number of carbonyl (C=O) groups is 1. The summed E-state index contributed by atoms with van der Waals surface area (Å²) >= 11 is 0. The number of nitrogens with one attached hydrogen (secondary N) is 2. The van der Waals surface area contributed by atoms with Crippen molar-refractivity contribution in [2.75, 3.05) is 16.4 Å². The fourth-order valence-corrected chi connectivity index (χ4v) is 2.99. The third-order valence-electron chi connectivity index (χ3n) is 4.39. The molecule has 7 nitrogen and oxygen atoms in total. The van der Waals surface area contributed by atoms with E-state index in [1.165, 1.54) is 6.92 Å². The summed E-state index contributed by atoms with van der Waals surface area (Å²) in [4.78, 5) is 19.4. The second-order valence-corrected chi connectivity index (χ2v) is 6.65. The molecule has 1 aliphatic rings. The van der Waals surface area contributed by atoms with Crippen molar-refractivity contribution in [2.24, 2.45) is 0 Å². The van der Waals surface area contributed by atoms with Gasteiger partial charge in [0.25, 0.3) is 0 Å². The molecule has 1 heterocycles. The number of aromatic nitrogens is 2. The van der Waals surface area contributed by atoms with Crippen LogP contribution in [0.1, 0.15) is 43.7 Å². The van der Waals surface area contributed by atoms with Crippen molar-refractivity contribution >= 4 is 35.8 Å². The van der Waals surface area contributed by atoms with Gasteiger partial charge in [-0.3, -0.25) is 4.79 Å². The number of amides is 1. The van der Waals surface area contributed by atoms with Gasteiger partial charge in [-0.25, -0.2) is 4.98 Å². The van der Waals surface area contributed by atoms with E-state index in [9.17, 15) is 9.90 Å². The van der Waals surface area contributed by atoms with Gasteiger partial charge in [-0.2, -0.15) is 4.98 Å². The lowest BCUT2D eigenvalue weighted by Crippen LogP contribution is -2.29. The topological polar surface area (TPSA) is 113 Å². The van der Waals surface area contributed by atoms with E-state index in [-0.39, 0.29) is 36.4 Å². The SMILES string of the molecule is CC(=O)Nc1ccc(C#Cc2cnc(N)nc2NC2CCC(O)CC2)cc1.Cl. The summed E-state index contributed by atoms with van der Waals surface area (Å²) in [6.45, 7) is 1.47. The minimum absolute atomic E-state index is 0. The Hall–Kier alpha value is -2.82. The first-order valence-electron chi connectivity index (χ1n) is 8.96. The van der Waals surface area contributed by atoms with E-state index in [4.69, 9.17) is 5.73 Å². The zero-order valence-electron chi connectivity index (χ0n) is 15.6.